The van der Waals surface area contributed by atoms with E-state index in [4.69, 9.17) is 0 Å². The molecule has 0 radical (unpaired) electrons. The lowest BCUT2D eigenvalue weighted by molar-refractivity contribution is -0.123. The summed E-state index contributed by atoms with van der Waals surface area (Å²) in [4.78, 5) is 12.3. The van der Waals surface area contributed by atoms with Gasteiger partial charge in [-0.2, -0.15) is 0 Å². The average molecular weight is 331 g/mol. The Morgan fingerprint density at radius 1 is 0.850 bits per heavy atom. The largest absolute Gasteiger partial charge is 0.299 e. The van der Waals surface area contributed by atoms with Gasteiger partial charge in [0.15, 0.2) is 0 Å². The summed E-state index contributed by atoms with van der Waals surface area (Å²) in [6.07, 6.45) is 8.60. The Balaban J connectivity index is 1.80. The number of Topliss-reactive ketones (excluding diaryl/α,β-unsaturated/α-hetero) is 1. The summed E-state index contributed by atoms with van der Waals surface area (Å²) in [5, 5.41) is 0. The highest BCUT2D eigenvalue weighted by atomic mass is 79.9. The van der Waals surface area contributed by atoms with Gasteiger partial charge >= 0.3 is 0 Å². The third-order valence-corrected chi connectivity index (χ3v) is 7.26. The standard InChI is InChI=1S/C18H19BrO/c19-18-16-10-3-1-9(2-4-10)13(16)8-14-11-5-6-12(17(14)18)15(20)7-11/h8-12H,1-7H2. The fourth-order valence-electron chi connectivity index (χ4n) is 5.45. The number of rotatable bonds is 0. The van der Waals surface area contributed by atoms with E-state index < -0.39 is 0 Å². The van der Waals surface area contributed by atoms with Crippen molar-refractivity contribution in [1.29, 1.82) is 0 Å². The molecule has 4 bridgehead atoms. The van der Waals surface area contributed by atoms with Crippen LogP contribution in [0.15, 0.2) is 10.5 Å². The molecule has 0 amide bonds. The molecule has 0 saturated heterocycles. The van der Waals surface area contributed by atoms with E-state index in [-0.39, 0.29) is 5.92 Å². The first kappa shape index (κ1) is 12.0. The Morgan fingerprint density at radius 3 is 2.25 bits per heavy atom. The molecule has 7 rings (SSSR count). The van der Waals surface area contributed by atoms with Crippen LogP contribution in [0.2, 0.25) is 0 Å². The summed E-state index contributed by atoms with van der Waals surface area (Å²) in [7, 11) is 0. The summed E-state index contributed by atoms with van der Waals surface area (Å²) in [5.41, 5.74) is 6.15. The van der Waals surface area contributed by atoms with Gasteiger partial charge in [0.1, 0.15) is 5.78 Å². The fourth-order valence-corrected chi connectivity index (χ4v) is 6.50. The molecule has 0 aliphatic heterocycles. The molecular formula is C18H19BrO. The summed E-state index contributed by atoms with van der Waals surface area (Å²) in [6.45, 7) is 0. The molecule has 2 saturated carbocycles. The van der Waals surface area contributed by atoms with Crippen LogP contribution in [-0.2, 0) is 4.79 Å². The Labute approximate surface area is 128 Å². The van der Waals surface area contributed by atoms with Crippen LogP contribution in [0, 0.1) is 0 Å². The second kappa shape index (κ2) is 3.97. The van der Waals surface area contributed by atoms with Crippen molar-refractivity contribution in [3.8, 4) is 0 Å². The third kappa shape index (κ3) is 1.37. The average Bonchev–Trinajstić information content (AvgIpc) is 2.49. The number of halogens is 1. The maximum atomic E-state index is 12.3. The van der Waals surface area contributed by atoms with Crippen molar-refractivity contribution in [2.75, 3.05) is 0 Å². The van der Waals surface area contributed by atoms with E-state index in [0.717, 1.165) is 24.7 Å². The quantitative estimate of drug-likeness (QED) is 0.643. The van der Waals surface area contributed by atoms with Crippen LogP contribution in [0.3, 0.4) is 0 Å². The number of benzene rings is 1. The zero-order valence-corrected chi connectivity index (χ0v) is 13.2. The van der Waals surface area contributed by atoms with Gasteiger partial charge in [-0.3, -0.25) is 4.79 Å². The minimum atomic E-state index is 0.204. The Hall–Kier alpha value is -0.630. The van der Waals surface area contributed by atoms with E-state index in [1.807, 2.05) is 0 Å². The van der Waals surface area contributed by atoms with Crippen molar-refractivity contribution < 1.29 is 4.79 Å². The van der Waals surface area contributed by atoms with E-state index in [0.29, 0.717) is 11.7 Å². The highest BCUT2D eigenvalue weighted by Crippen LogP contribution is 2.57. The Morgan fingerprint density at radius 2 is 1.50 bits per heavy atom. The molecule has 1 nitrogen and oxygen atoms in total. The van der Waals surface area contributed by atoms with Crippen molar-refractivity contribution in [3.05, 3.63) is 32.8 Å². The lowest BCUT2D eigenvalue weighted by Gasteiger charge is -2.44. The highest BCUT2D eigenvalue weighted by molar-refractivity contribution is 9.10. The molecule has 2 fully saturated rings. The van der Waals surface area contributed by atoms with Crippen molar-refractivity contribution in [2.45, 2.75) is 68.6 Å². The summed E-state index contributed by atoms with van der Waals surface area (Å²) in [5.74, 6) is 2.77. The number of hydrogen-bond acceptors (Lipinski definition) is 1. The Bertz CT molecular complexity index is 625. The molecule has 0 N–H and O–H groups in total. The normalized spacial score (nSPS) is 37.0. The van der Waals surface area contributed by atoms with Gasteiger partial charge in [0.05, 0.1) is 0 Å². The predicted octanol–water partition coefficient (Wildman–Crippen LogP) is 5.14. The minimum absolute atomic E-state index is 0.204. The molecule has 2 atom stereocenters. The fraction of sp³-hybridized carbons (Fsp3) is 0.611. The Kier molecular flexibility index (Phi) is 2.37. The maximum absolute atomic E-state index is 12.3. The van der Waals surface area contributed by atoms with Gasteiger partial charge in [-0.05, 0) is 78.5 Å². The molecule has 0 aromatic heterocycles. The van der Waals surface area contributed by atoms with Gasteiger partial charge in [-0.15, -0.1) is 0 Å². The molecule has 20 heavy (non-hydrogen) atoms. The second-order valence-corrected chi connectivity index (χ2v) is 8.04. The second-order valence-electron chi connectivity index (χ2n) is 7.24. The molecule has 2 unspecified atom stereocenters. The number of carbonyl (C=O) groups excluding carboxylic acids is 1. The van der Waals surface area contributed by atoms with Crippen LogP contribution in [0.5, 0.6) is 0 Å². The predicted molar refractivity (Wildman–Crippen MR) is 82.4 cm³/mol. The molecule has 6 aliphatic rings. The van der Waals surface area contributed by atoms with Crippen LogP contribution < -0.4 is 0 Å². The number of carbonyl (C=O) groups is 1. The van der Waals surface area contributed by atoms with Crippen LogP contribution in [-0.4, -0.2) is 5.78 Å². The summed E-state index contributed by atoms with van der Waals surface area (Å²) in [6, 6.07) is 2.52. The van der Waals surface area contributed by atoms with Gasteiger partial charge in [-0.25, -0.2) is 0 Å². The smallest absolute Gasteiger partial charge is 0.140 e. The highest BCUT2D eigenvalue weighted by Gasteiger charge is 2.43. The zero-order valence-electron chi connectivity index (χ0n) is 11.6. The van der Waals surface area contributed by atoms with Gasteiger partial charge in [0.25, 0.3) is 0 Å². The van der Waals surface area contributed by atoms with E-state index in [1.54, 1.807) is 11.1 Å². The third-order valence-electron chi connectivity index (χ3n) is 6.41. The molecule has 6 aliphatic carbocycles. The number of ketones is 1. The van der Waals surface area contributed by atoms with Crippen LogP contribution in [0.1, 0.15) is 90.9 Å². The van der Waals surface area contributed by atoms with Gasteiger partial charge in [0, 0.05) is 16.8 Å². The molecule has 0 heterocycles. The molecule has 1 aromatic carbocycles. The molecular weight excluding hydrogens is 312 g/mol. The van der Waals surface area contributed by atoms with Crippen LogP contribution >= 0.6 is 15.9 Å². The van der Waals surface area contributed by atoms with E-state index in [9.17, 15) is 4.79 Å². The lowest BCUT2D eigenvalue weighted by atomic mass is 9.61. The molecule has 2 heteroatoms. The van der Waals surface area contributed by atoms with Crippen LogP contribution in [0.25, 0.3) is 0 Å². The van der Waals surface area contributed by atoms with Crippen molar-refractivity contribution in [2.24, 2.45) is 0 Å². The summed E-state index contributed by atoms with van der Waals surface area (Å²) >= 11 is 3.93. The first-order valence-corrected chi connectivity index (χ1v) is 8.92. The summed E-state index contributed by atoms with van der Waals surface area (Å²) < 4.78 is 1.34. The first-order chi connectivity index (χ1) is 9.74. The van der Waals surface area contributed by atoms with Crippen molar-refractivity contribution >= 4 is 21.7 Å². The molecule has 104 valence electrons. The first-order valence-electron chi connectivity index (χ1n) is 8.13. The topological polar surface area (TPSA) is 17.1 Å². The van der Waals surface area contributed by atoms with Crippen molar-refractivity contribution in [1.82, 2.24) is 0 Å². The molecule has 1 aromatic rings. The van der Waals surface area contributed by atoms with E-state index >= 15 is 0 Å². The van der Waals surface area contributed by atoms with Crippen molar-refractivity contribution in [3.63, 3.8) is 0 Å². The maximum Gasteiger partial charge on any atom is 0.140 e. The van der Waals surface area contributed by atoms with Gasteiger partial charge in [0.2, 0.25) is 0 Å². The van der Waals surface area contributed by atoms with Gasteiger partial charge < -0.3 is 0 Å². The number of fused-ring (bicyclic) bond motifs is 4. The SMILES string of the molecule is O=C1CC2CCC1c1c2cc2c(c1Br)C1CCC2CC1. The van der Waals surface area contributed by atoms with Gasteiger partial charge in [-0.1, -0.05) is 22.0 Å². The minimum Gasteiger partial charge on any atom is -0.299 e. The lowest BCUT2D eigenvalue weighted by Crippen LogP contribution is -2.32. The monoisotopic (exact) mass is 330 g/mol. The van der Waals surface area contributed by atoms with Crippen LogP contribution in [0.4, 0.5) is 0 Å². The van der Waals surface area contributed by atoms with E-state index in [1.165, 1.54) is 47.7 Å². The van der Waals surface area contributed by atoms with E-state index in [2.05, 4.69) is 22.0 Å². The molecule has 0 spiro atoms. The zero-order chi connectivity index (χ0) is 13.4. The number of hydrogen-bond donors (Lipinski definition) is 0.